The first-order valence-electron chi connectivity index (χ1n) is 12.8. The molecule has 2 aliphatic heterocycles. The van der Waals surface area contributed by atoms with E-state index in [2.05, 4.69) is 24.8 Å². The number of hydrogen-bond acceptors (Lipinski definition) is 8. The van der Waals surface area contributed by atoms with Crippen molar-refractivity contribution >= 4 is 16.9 Å². The Hall–Kier alpha value is -2.92. The average Bonchev–Trinajstić information content (AvgIpc) is 3.19. The maximum Gasteiger partial charge on any atom is 0.223 e. The van der Waals surface area contributed by atoms with Gasteiger partial charge >= 0.3 is 0 Å². The molecule has 4 heterocycles. The Morgan fingerprint density at radius 2 is 2.14 bits per heavy atom. The van der Waals surface area contributed by atoms with Crippen molar-refractivity contribution in [2.24, 2.45) is 0 Å². The molecule has 2 saturated heterocycles. The fraction of sp³-hybridized carbons (Fsp3) is 0.519. The predicted molar refractivity (Wildman–Crippen MR) is 139 cm³/mol. The first-order valence-corrected chi connectivity index (χ1v) is 12.8. The van der Waals surface area contributed by atoms with Crippen LogP contribution in [0.2, 0.25) is 0 Å². The van der Waals surface area contributed by atoms with Gasteiger partial charge in [0.2, 0.25) is 5.95 Å². The fourth-order valence-electron chi connectivity index (χ4n) is 5.37. The second kappa shape index (κ2) is 10.1. The average molecular weight is 512 g/mol. The lowest BCUT2D eigenvalue weighted by Gasteiger charge is -2.28. The number of ether oxygens (including phenoxy) is 1. The molecule has 1 aromatic carbocycles. The van der Waals surface area contributed by atoms with Crippen LogP contribution in [0, 0.1) is 5.82 Å². The van der Waals surface area contributed by atoms with Crippen molar-refractivity contribution in [2.45, 2.75) is 63.9 Å². The van der Waals surface area contributed by atoms with Gasteiger partial charge in [-0.3, -0.25) is 9.69 Å². The topological polar surface area (TPSA) is 113 Å². The molecule has 3 N–H and O–H groups in total. The Labute approximate surface area is 214 Å². The zero-order valence-corrected chi connectivity index (χ0v) is 21.4. The summed E-state index contributed by atoms with van der Waals surface area (Å²) >= 11 is 0. The number of benzene rings is 1. The van der Waals surface area contributed by atoms with Crippen molar-refractivity contribution in [3.63, 3.8) is 0 Å². The molecule has 2 aromatic heterocycles. The molecule has 3 atom stereocenters. The van der Waals surface area contributed by atoms with Crippen LogP contribution in [0.25, 0.3) is 22.2 Å². The highest BCUT2D eigenvalue weighted by Crippen LogP contribution is 2.29. The predicted octanol–water partition coefficient (Wildman–Crippen LogP) is 2.70. The lowest BCUT2D eigenvalue weighted by atomic mass is 10.1. The fourth-order valence-corrected chi connectivity index (χ4v) is 5.37. The Kier molecular flexibility index (Phi) is 7.01. The number of aliphatic hydroxyl groups is 2. The number of nitrogens with one attached hydrogen (secondary N) is 1. The summed E-state index contributed by atoms with van der Waals surface area (Å²) in [6, 6.07) is 6.64. The quantitative estimate of drug-likeness (QED) is 0.463. The first-order chi connectivity index (χ1) is 17.6. The third kappa shape index (κ3) is 5.38. The van der Waals surface area contributed by atoms with E-state index in [-0.39, 0.29) is 35.8 Å². The minimum absolute atomic E-state index is 0.0407. The number of aromatic nitrogens is 3. The first kappa shape index (κ1) is 25.7. The Balaban J connectivity index is 1.54. The summed E-state index contributed by atoms with van der Waals surface area (Å²) in [7, 11) is 0. The Morgan fingerprint density at radius 3 is 2.84 bits per heavy atom. The van der Waals surface area contributed by atoms with Gasteiger partial charge in [0.15, 0.2) is 11.2 Å². The minimum Gasteiger partial charge on any atom is -0.389 e. The van der Waals surface area contributed by atoms with Crippen molar-refractivity contribution in [1.82, 2.24) is 19.4 Å². The summed E-state index contributed by atoms with van der Waals surface area (Å²) in [6.07, 6.45) is 1.68. The van der Waals surface area contributed by atoms with Crippen LogP contribution in [0.5, 0.6) is 0 Å². The smallest absolute Gasteiger partial charge is 0.223 e. The highest BCUT2D eigenvalue weighted by atomic mass is 19.1. The third-order valence-electron chi connectivity index (χ3n) is 7.22. The van der Waals surface area contributed by atoms with E-state index in [1.165, 1.54) is 0 Å². The summed E-state index contributed by atoms with van der Waals surface area (Å²) in [5.74, 6) is -0.357. The van der Waals surface area contributed by atoms with Gasteiger partial charge in [0.25, 0.3) is 0 Å². The van der Waals surface area contributed by atoms with Gasteiger partial charge in [0.1, 0.15) is 5.69 Å². The van der Waals surface area contributed by atoms with Crippen LogP contribution in [0.1, 0.15) is 45.3 Å². The molecule has 2 fully saturated rings. The molecule has 3 aromatic rings. The summed E-state index contributed by atoms with van der Waals surface area (Å²) in [5.41, 5.74) is 1.36. The number of halogens is 1. The molecular formula is C27H34FN5O4. The van der Waals surface area contributed by atoms with E-state index in [1.54, 1.807) is 24.3 Å². The minimum atomic E-state index is -0.732. The van der Waals surface area contributed by atoms with Crippen molar-refractivity contribution < 1.29 is 19.3 Å². The summed E-state index contributed by atoms with van der Waals surface area (Å²) in [5, 5.41) is 24.2. The molecule has 9 nitrogen and oxygen atoms in total. The number of rotatable bonds is 6. The van der Waals surface area contributed by atoms with E-state index in [4.69, 9.17) is 4.74 Å². The monoisotopic (exact) mass is 511 g/mol. The number of hydrogen-bond donors (Lipinski definition) is 3. The largest absolute Gasteiger partial charge is 0.389 e. The standard InChI is InChI=1S/C27H34FN5O4/c1-16(2)33-18(13-32-8-7-27(3,36)15-32)11-23(34)19-5-4-17(10-22(19)33)25-20(28)12-29-26(31-25)30-21-6-9-37-14-24(21)35/h4-5,10-12,16,21,24,35-36H,6-9,13-15H2,1-3H3,(H,29,30,31)/t21-,24-,27+/m1/s1. The molecule has 0 saturated carbocycles. The molecule has 0 spiro atoms. The maximum atomic E-state index is 15.0. The molecule has 5 rings (SSSR count). The second-order valence-electron chi connectivity index (χ2n) is 10.7. The number of likely N-dealkylation sites (tertiary alicyclic amines) is 1. The number of fused-ring (bicyclic) bond motifs is 1. The molecule has 0 amide bonds. The number of aliphatic hydroxyl groups excluding tert-OH is 1. The number of anilines is 1. The van der Waals surface area contributed by atoms with Crippen LogP contribution in [0.4, 0.5) is 10.3 Å². The lowest BCUT2D eigenvalue weighted by Crippen LogP contribution is -2.42. The van der Waals surface area contributed by atoms with Gasteiger partial charge in [-0.1, -0.05) is 6.07 Å². The second-order valence-corrected chi connectivity index (χ2v) is 10.7. The van der Waals surface area contributed by atoms with Crippen LogP contribution < -0.4 is 10.7 Å². The van der Waals surface area contributed by atoms with Crippen molar-refractivity contribution in [3.05, 3.63) is 52.2 Å². The molecule has 10 heteroatoms. The molecule has 0 radical (unpaired) electrons. The van der Waals surface area contributed by atoms with Crippen LogP contribution in [-0.2, 0) is 11.3 Å². The third-order valence-corrected chi connectivity index (χ3v) is 7.22. The molecular weight excluding hydrogens is 477 g/mol. The number of pyridine rings is 1. The Bertz CT molecular complexity index is 1360. The molecule has 2 aliphatic rings. The molecule has 0 bridgehead atoms. The van der Waals surface area contributed by atoms with E-state index in [1.807, 2.05) is 20.8 Å². The van der Waals surface area contributed by atoms with Crippen molar-refractivity contribution in [3.8, 4) is 11.3 Å². The van der Waals surface area contributed by atoms with E-state index in [9.17, 15) is 19.4 Å². The van der Waals surface area contributed by atoms with Gasteiger partial charge < -0.3 is 24.8 Å². The van der Waals surface area contributed by atoms with Gasteiger partial charge in [0.05, 0.1) is 36.1 Å². The highest BCUT2D eigenvalue weighted by Gasteiger charge is 2.32. The van der Waals surface area contributed by atoms with Crippen molar-refractivity contribution in [1.29, 1.82) is 0 Å². The number of β-amino-alcohol motifs (C(OH)–C–C–N with tert-alkyl or cyclic N) is 1. The molecule has 0 unspecified atom stereocenters. The lowest BCUT2D eigenvalue weighted by molar-refractivity contribution is -0.0136. The molecule has 37 heavy (non-hydrogen) atoms. The molecule has 0 aliphatic carbocycles. The zero-order chi connectivity index (χ0) is 26.3. The summed E-state index contributed by atoms with van der Waals surface area (Å²) in [6.45, 7) is 8.49. The van der Waals surface area contributed by atoms with E-state index in [0.717, 1.165) is 18.4 Å². The van der Waals surface area contributed by atoms with Gasteiger partial charge in [-0.25, -0.2) is 14.4 Å². The maximum absolute atomic E-state index is 15.0. The van der Waals surface area contributed by atoms with E-state index in [0.29, 0.717) is 49.0 Å². The van der Waals surface area contributed by atoms with Crippen LogP contribution in [0.15, 0.2) is 35.3 Å². The summed E-state index contributed by atoms with van der Waals surface area (Å²) in [4.78, 5) is 23.7. The highest BCUT2D eigenvalue weighted by molar-refractivity contribution is 5.84. The van der Waals surface area contributed by atoms with Gasteiger partial charge in [-0.05, 0) is 45.7 Å². The van der Waals surface area contributed by atoms with Gasteiger partial charge in [-0.2, -0.15) is 0 Å². The van der Waals surface area contributed by atoms with E-state index < -0.39 is 17.5 Å². The van der Waals surface area contributed by atoms with Gasteiger partial charge in [-0.15, -0.1) is 0 Å². The number of nitrogens with zero attached hydrogens (tertiary/aromatic N) is 4. The van der Waals surface area contributed by atoms with E-state index >= 15 is 0 Å². The Morgan fingerprint density at radius 1 is 1.32 bits per heavy atom. The molecule has 198 valence electrons. The zero-order valence-electron chi connectivity index (χ0n) is 21.4. The van der Waals surface area contributed by atoms with Crippen LogP contribution in [0.3, 0.4) is 0 Å². The summed E-state index contributed by atoms with van der Waals surface area (Å²) < 4.78 is 22.3. The van der Waals surface area contributed by atoms with Gasteiger partial charge in [0, 0.05) is 55.0 Å². The SMILES string of the molecule is CC(C)n1c(CN2CC[C@](C)(O)C2)cc(=O)c2ccc(-c3nc(N[C@@H]4CCOC[C@H]4O)ncc3F)cc21. The van der Waals surface area contributed by atoms with Crippen LogP contribution >= 0.6 is 0 Å². The normalized spacial score (nSPS) is 24.7. The van der Waals surface area contributed by atoms with Crippen molar-refractivity contribution in [2.75, 3.05) is 31.6 Å². The van der Waals surface area contributed by atoms with Crippen LogP contribution in [-0.4, -0.2) is 73.7 Å².